The molecule has 11 heteroatoms. The number of thiazole rings is 1. The molecule has 1 fully saturated rings. The molecule has 36 heavy (non-hydrogen) atoms. The Morgan fingerprint density at radius 1 is 1.22 bits per heavy atom. The molecule has 7 nitrogen and oxygen atoms in total. The highest BCUT2D eigenvalue weighted by atomic mass is 35.5. The van der Waals surface area contributed by atoms with Gasteiger partial charge in [0.2, 0.25) is 15.2 Å². The number of hydrogen-bond donors (Lipinski definition) is 1. The van der Waals surface area contributed by atoms with Crippen LogP contribution in [0.1, 0.15) is 47.1 Å². The maximum absolute atomic E-state index is 14.7. The summed E-state index contributed by atoms with van der Waals surface area (Å²) >= 11 is 7.45. The topological polar surface area (TPSA) is 108 Å². The van der Waals surface area contributed by atoms with Crippen molar-refractivity contribution >= 4 is 38.7 Å². The van der Waals surface area contributed by atoms with Gasteiger partial charge in [-0.2, -0.15) is 5.10 Å². The molecule has 5 rings (SSSR count). The molecule has 1 saturated carbocycles. The molecule has 0 bridgehead atoms. The molecule has 4 aromatic rings. The number of nitrogens with zero attached hydrogens (tertiary/aromatic N) is 3. The van der Waals surface area contributed by atoms with Gasteiger partial charge in [-0.15, -0.1) is 11.3 Å². The highest BCUT2D eigenvalue weighted by Gasteiger charge is 2.29. The molecular weight excluding hydrogens is 523 g/mol. The van der Waals surface area contributed by atoms with Crippen LogP contribution in [0.2, 0.25) is 5.02 Å². The number of sulfonamides is 1. The molecule has 1 aliphatic rings. The molecule has 186 valence electrons. The molecule has 2 heterocycles. The summed E-state index contributed by atoms with van der Waals surface area (Å²) in [5.74, 6) is -0.520. The van der Waals surface area contributed by atoms with E-state index in [1.54, 1.807) is 28.3 Å². The Bertz CT molecular complexity index is 1580. The van der Waals surface area contributed by atoms with Gasteiger partial charge in [0.1, 0.15) is 16.4 Å². The van der Waals surface area contributed by atoms with Crippen molar-refractivity contribution in [2.75, 3.05) is 0 Å². The average molecular weight is 545 g/mol. The Morgan fingerprint density at radius 2 is 1.94 bits per heavy atom. The minimum atomic E-state index is -4.17. The zero-order chi connectivity index (χ0) is 25.6. The Morgan fingerprint density at radius 3 is 2.53 bits per heavy atom. The molecule has 1 aliphatic carbocycles. The number of ketones is 1. The summed E-state index contributed by atoms with van der Waals surface area (Å²) in [6.45, 7) is 1.47. The van der Waals surface area contributed by atoms with Crippen LogP contribution in [0.5, 0.6) is 0 Å². The van der Waals surface area contributed by atoms with Gasteiger partial charge in [-0.3, -0.25) is 4.79 Å². The zero-order valence-electron chi connectivity index (χ0n) is 19.2. The minimum absolute atomic E-state index is 0.128. The number of carbonyl (C=O) groups is 1. The third kappa shape index (κ3) is 5.12. The number of carbonyl (C=O) groups excluding carboxylic acids is 1. The maximum Gasteiger partial charge on any atom is 0.240 e. The second kappa shape index (κ2) is 9.51. The van der Waals surface area contributed by atoms with Crippen LogP contribution in [0.25, 0.3) is 16.4 Å². The van der Waals surface area contributed by atoms with E-state index in [2.05, 4.69) is 4.98 Å². The van der Waals surface area contributed by atoms with Crippen LogP contribution in [0.4, 0.5) is 4.39 Å². The van der Waals surface area contributed by atoms with Crippen molar-refractivity contribution in [3.63, 3.8) is 0 Å². The molecule has 0 unspecified atom stereocenters. The summed E-state index contributed by atoms with van der Waals surface area (Å²) in [5, 5.41) is 12.9. The van der Waals surface area contributed by atoms with Crippen LogP contribution in [-0.2, 0) is 22.9 Å². The average Bonchev–Trinajstić information content (AvgIpc) is 3.37. The maximum atomic E-state index is 14.7. The summed E-state index contributed by atoms with van der Waals surface area (Å²) < 4.78 is 39.8. The largest absolute Gasteiger partial charge is 0.293 e. The number of aromatic nitrogens is 3. The first-order chi connectivity index (χ1) is 17.1. The fraction of sp³-hybridized carbons (Fsp3) is 0.240. The van der Waals surface area contributed by atoms with Gasteiger partial charge in [0.15, 0.2) is 5.78 Å². The highest BCUT2D eigenvalue weighted by molar-refractivity contribution is 7.89. The molecule has 2 aromatic heterocycles. The lowest BCUT2D eigenvalue weighted by molar-refractivity contribution is 0.101. The van der Waals surface area contributed by atoms with Crippen LogP contribution in [0, 0.1) is 11.7 Å². The van der Waals surface area contributed by atoms with Crippen molar-refractivity contribution in [1.82, 2.24) is 14.8 Å². The Labute approximate surface area is 216 Å². The van der Waals surface area contributed by atoms with Crippen molar-refractivity contribution in [3.8, 4) is 16.4 Å². The molecule has 0 amide bonds. The standard InChI is InChI=1S/C25H22ClFN4O3S2/c1-14(32)21-13-35-25(29-21)31-22(12-15-2-3-15)19(24(30-31)17-5-7-18(26)8-6-17)10-16-4-9-23(20(27)11-16)36(28,33)34/h4-9,11,13,15H,2-3,10,12H2,1H3,(H2,28,33,34). The SMILES string of the molecule is CC(=O)c1csc(-n2nc(-c3ccc(Cl)cc3)c(Cc3ccc(S(N)(=O)=O)c(F)c3)c2CC2CC2)n1. The monoisotopic (exact) mass is 544 g/mol. The number of primary sulfonamides is 1. The highest BCUT2D eigenvalue weighted by Crippen LogP contribution is 2.38. The second-order valence-corrected chi connectivity index (χ2v) is 11.7. The van der Waals surface area contributed by atoms with Crippen molar-refractivity contribution < 1.29 is 17.6 Å². The van der Waals surface area contributed by atoms with E-state index >= 15 is 0 Å². The number of nitrogens with two attached hydrogens (primary N) is 1. The fourth-order valence-electron chi connectivity index (χ4n) is 4.09. The predicted octanol–water partition coefficient (Wildman–Crippen LogP) is 5.18. The van der Waals surface area contributed by atoms with E-state index < -0.39 is 20.7 Å². The van der Waals surface area contributed by atoms with Crippen LogP contribution in [-0.4, -0.2) is 29.0 Å². The van der Waals surface area contributed by atoms with Crippen LogP contribution in [0.3, 0.4) is 0 Å². The Hall–Kier alpha value is -2.92. The second-order valence-electron chi connectivity index (χ2n) is 8.90. The summed E-state index contributed by atoms with van der Waals surface area (Å²) in [4.78, 5) is 15.8. The number of Topliss-reactive ketones (excluding diaryl/α,β-unsaturated/α-hetero) is 1. The van der Waals surface area contributed by atoms with Gasteiger partial charge in [-0.25, -0.2) is 27.6 Å². The van der Waals surface area contributed by atoms with Crippen molar-refractivity contribution in [3.05, 3.63) is 81.2 Å². The zero-order valence-corrected chi connectivity index (χ0v) is 21.6. The number of benzene rings is 2. The van der Waals surface area contributed by atoms with Gasteiger partial charge in [-0.1, -0.05) is 29.8 Å². The van der Waals surface area contributed by atoms with Crippen LogP contribution < -0.4 is 5.14 Å². The van der Waals surface area contributed by atoms with E-state index in [1.165, 1.54) is 30.4 Å². The van der Waals surface area contributed by atoms with E-state index in [9.17, 15) is 17.6 Å². The first-order valence-electron chi connectivity index (χ1n) is 11.2. The third-order valence-corrected chi connectivity index (χ3v) is 8.12. The van der Waals surface area contributed by atoms with Gasteiger partial charge < -0.3 is 0 Å². The van der Waals surface area contributed by atoms with Crippen LogP contribution >= 0.6 is 22.9 Å². The lowest BCUT2D eigenvalue weighted by Gasteiger charge is -2.10. The van der Waals surface area contributed by atoms with Gasteiger partial charge in [0.05, 0.1) is 11.4 Å². The molecule has 0 spiro atoms. The quantitative estimate of drug-likeness (QED) is 0.307. The summed E-state index contributed by atoms with van der Waals surface area (Å²) in [6, 6.07) is 11.2. The summed E-state index contributed by atoms with van der Waals surface area (Å²) in [5.41, 5.74) is 4.29. The van der Waals surface area contributed by atoms with E-state index in [-0.39, 0.29) is 5.78 Å². The summed E-state index contributed by atoms with van der Waals surface area (Å²) in [7, 11) is -4.17. The third-order valence-electron chi connectivity index (χ3n) is 6.10. The normalized spacial score (nSPS) is 13.8. The lowest BCUT2D eigenvalue weighted by atomic mass is 9.97. The number of rotatable bonds is 8. The van der Waals surface area contributed by atoms with Gasteiger partial charge in [0, 0.05) is 34.9 Å². The van der Waals surface area contributed by atoms with Crippen molar-refractivity contribution in [2.24, 2.45) is 11.1 Å². The smallest absolute Gasteiger partial charge is 0.240 e. The summed E-state index contributed by atoms with van der Waals surface area (Å²) in [6.07, 6.45) is 3.28. The predicted molar refractivity (Wildman–Crippen MR) is 137 cm³/mol. The molecule has 2 N–H and O–H groups in total. The Kier molecular flexibility index (Phi) is 6.54. The van der Waals surface area contributed by atoms with E-state index in [0.29, 0.717) is 39.4 Å². The van der Waals surface area contributed by atoms with Gasteiger partial charge in [0.25, 0.3) is 0 Å². The first-order valence-corrected chi connectivity index (χ1v) is 14.1. The van der Waals surface area contributed by atoms with Crippen molar-refractivity contribution in [1.29, 1.82) is 0 Å². The lowest BCUT2D eigenvalue weighted by Crippen LogP contribution is -2.14. The van der Waals surface area contributed by atoms with Crippen molar-refractivity contribution in [2.45, 2.75) is 37.5 Å². The van der Waals surface area contributed by atoms with E-state index in [1.807, 2.05) is 12.1 Å². The van der Waals surface area contributed by atoms with Crippen LogP contribution in [0.15, 0.2) is 52.7 Å². The van der Waals surface area contributed by atoms with E-state index in [4.69, 9.17) is 21.8 Å². The van der Waals surface area contributed by atoms with E-state index in [0.717, 1.165) is 36.1 Å². The molecule has 0 radical (unpaired) electrons. The fourth-order valence-corrected chi connectivity index (χ4v) is 5.64. The van der Waals surface area contributed by atoms with Gasteiger partial charge >= 0.3 is 0 Å². The first kappa shape index (κ1) is 24.8. The molecule has 0 saturated heterocycles. The molecular formula is C25H22ClFN4O3S2. The van der Waals surface area contributed by atoms with Gasteiger partial charge in [-0.05, 0) is 55.0 Å². The molecule has 2 aromatic carbocycles. The molecule has 0 atom stereocenters. The molecule has 0 aliphatic heterocycles. The Balaban J connectivity index is 1.67. The minimum Gasteiger partial charge on any atom is -0.293 e. The number of hydrogen-bond acceptors (Lipinski definition) is 6. The number of halogens is 2.